The van der Waals surface area contributed by atoms with Crippen molar-refractivity contribution in [1.82, 2.24) is 5.32 Å². The monoisotopic (exact) mass is 401 g/mol. The predicted octanol–water partition coefficient (Wildman–Crippen LogP) is -1.39. The van der Waals surface area contributed by atoms with Gasteiger partial charge in [-0.15, -0.1) is 0 Å². The van der Waals surface area contributed by atoms with Crippen LogP contribution in [0.5, 0.6) is 0 Å². The van der Waals surface area contributed by atoms with Crippen LogP contribution in [0.3, 0.4) is 0 Å². The van der Waals surface area contributed by atoms with Crippen molar-refractivity contribution < 1.29 is 34.0 Å². The molecule has 10 heteroatoms. The molecular formula is C18H31N3O7. The summed E-state index contributed by atoms with van der Waals surface area (Å²) in [6, 6.07) is -1.19. The van der Waals surface area contributed by atoms with Gasteiger partial charge < -0.3 is 41.2 Å². The van der Waals surface area contributed by atoms with Gasteiger partial charge in [-0.1, -0.05) is 13.8 Å². The molecule has 0 aromatic carbocycles. The van der Waals surface area contributed by atoms with Crippen LogP contribution in [-0.4, -0.2) is 77.5 Å². The van der Waals surface area contributed by atoms with Crippen LogP contribution in [0.15, 0.2) is 0 Å². The summed E-state index contributed by atoms with van der Waals surface area (Å²) in [5.41, 5.74) is 12.4. The summed E-state index contributed by atoms with van der Waals surface area (Å²) in [6.45, 7) is 3.87. The fraction of sp³-hybridized carbons (Fsp3) is 0.889. The first-order valence-electron chi connectivity index (χ1n) is 9.87. The second-order valence-corrected chi connectivity index (χ2v) is 8.07. The van der Waals surface area contributed by atoms with Gasteiger partial charge >= 0.3 is 6.09 Å². The Hall–Kier alpha value is -1.30. The van der Waals surface area contributed by atoms with Gasteiger partial charge in [0.1, 0.15) is 30.2 Å². The predicted molar refractivity (Wildman–Crippen MR) is 97.0 cm³/mol. The summed E-state index contributed by atoms with van der Waals surface area (Å²) >= 11 is 0. The molecule has 2 heterocycles. The summed E-state index contributed by atoms with van der Waals surface area (Å²) in [7, 11) is 0. The molecule has 7 N–H and O–H groups in total. The highest BCUT2D eigenvalue weighted by Crippen LogP contribution is 2.34. The average molecular weight is 401 g/mol. The minimum absolute atomic E-state index is 0.0136. The molecule has 10 atom stereocenters. The van der Waals surface area contributed by atoms with Crippen LogP contribution in [0.2, 0.25) is 0 Å². The van der Waals surface area contributed by atoms with Gasteiger partial charge in [-0.05, 0) is 12.3 Å². The first-order chi connectivity index (χ1) is 13.2. The number of amides is 1. The van der Waals surface area contributed by atoms with Gasteiger partial charge in [0.2, 0.25) is 0 Å². The van der Waals surface area contributed by atoms with E-state index < -0.39 is 60.9 Å². The third-order valence-electron chi connectivity index (χ3n) is 6.15. The number of aliphatic hydroxyl groups excluding tert-OH is 2. The Kier molecular flexibility index (Phi) is 6.58. The number of ether oxygens (including phenoxy) is 3. The largest absolute Gasteiger partial charge is 0.443 e. The highest BCUT2D eigenvalue weighted by atomic mass is 16.7. The maximum absolute atomic E-state index is 11.7. The zero-order chi connectivity index (χ0) is 20.6. The van der Waals surface area contributed by atoms with Crippen molar-refractivity contribution in [3.05, 3.63) is 0 Å². The fourth-order valence-electron chi connectivity index (χ4n) is 4.29. The molecule has 0 bridgehead atoms. The van der Waals surface area contributed by atoms with Gasteiger partial charge in [0.15, 0.2) is 6.29 Å². The molecule has 0 spiro atoms. The smallest absolute Gasteiger partial charge is 0.407 e. The highest BCUT2D eigenvalue weighted by molar-refractivity contribution is 5.78. The highest BCUT2D eigenvalue weighted by Gasteiger charge is 2.50. The lowest BCUT2D eigenvalue weighted by atomic mass is 9.77. The molecule has 4 unspecified atom stereocenters. The number of hydrogen-bond donors (Lipinski definition) is 5. The number of nitrogens with one attached hydrogen (secondary N) is 1. The van der Waals surface area contributed by atoms with Gasteiger partial charge in [0, 0.05) is 24.8 Å². The lowest BCUT2D eigenvalue weighted by molar-refractivity contribution is -0.284. The second kappa shape index (κ2) is 8.60. The lowest BCUT2D eigenvalue weighted by Crippen LogP contribution is -2.66. The molecule has 3 rings (SSSR count). The molecule has 2 saturated heterocycles. The lowest BCUT2D eigenvalue weighted by Gasteiger charge is -2.48. The third-order valence-corrected chi connectivity index (χ3v) is 6.15. The molecule has 1 aliphatic carbocycles. The van der Waals surface area contributed by atoms with Crippen LogP contribution < -0.4 is 16.8 Å². The topological polar surface area (TPSA) is 166 Å². The summed E-state index contributed by atoms with van der Waals surface area (Å²) in [6.07, 6.45) is -4.68. The summed E-state index contributed by atoms with van der Waals surface area (Å²) in [5, 5.41) is 23.6. The molecule has 160 valence electrons. The van der Waals surface area contributed by atoms with Crippen molar-refractivity contribution in [1.29, 1.82) is 0 Å². The van der Waals surface area contributed by atoms with E-state index in [1.807, 2.05) is 6.92 Å². The standard InChI is InChI=1S/C18H31N3O7/c1-3-9(22)4-8-5-10(19)16(14(24)13(8)23)27-17-12(20)7(2)15-11(26-17)6-21-18(25)28-15/h7-8,10-17,23-24H,3-6,19-20H2,1-2H3,(H,21,25)/t7-,8-,10?,11?,12?,13?,14-,15-,16+,17+/m1/s1. The Labute approximate surface area is 163 Å². The maximum atomic E-state index is 11.7. The van der Waals surface area contributed by atoms with Crippen LogP contribution in [0.1, 0.15) is 33.1 Å². The Morgan fingerprint density at radius 3 is 2.71 bits per heavy atom. The van der Waals surface area contributed by atoms with Crippen molar-refractivity contribution in [3.8, 4) is 0 Å². The number of carbonyl (C=O) groups excluding carboxylic acids is 2. The summed E-state index contributed by atoms with van der Waals surface area (Å²) in [5.74, 6) is -0.630. The summed E-state index contributed by atoms with van der Waals surface area (Å²) < 4.78 is 17.1. The van der Waals surface area contributed by atoms with Crippen LogP contribution in [0, 0.1) is 11.8 Å². The number of aliphatic hydroxyl groups is 2. The van der Waals surface area contributed by atoms with Crippen molar-refractivity contribution in [3.63, 3.8) is 0 Å². The Morgan fingerprint density at radius 1 is 1.32 bits per heavy atom. The van der Waals surface area contributed by atoms with Crippen molar-refractivity contribution in [2.75, 3.05) is 6.54 Å². The molecule has 3 aliphatic rings. The summed E-state index contributed by atoms with van der Waals surface area (Å²) in [4.78, 5) is 23.2. The first-order valence-corrected chi connectivity index (χ1v) is 9.87. The zero-order valence-electron chi connectivity index (χ0n) is 16.2. The average Bonchev–Trinajstić information content (AvgIpc) is 2.67. The van der Waals surface area contributed by atoms with Crippen molar-refractivity contribution in [2.45, 2.75) is 82.0 Å². The van der Waals surface area contributed by atoms with Crippen LogP contribution >= 0.6 is 0 Å². The number of hydrogen-bond acceptors (Lipinski definition) is 9. The number of ketones is 1. The molecule has 28 heavy (non-hydrogen) atoms. The molecule has 0 radical (unpaired) electrons. The Bertz CT molecular complexity index is 590. The number of alkyl carbamates (subject to hydrolysis) is 1. The number of Topliss-reactive ketones (excluding diaryl/α,β-unsaturated/α-hetero) is 1. The van der Waals surface area contributed by atoms with E-state index in [2.05, 4.69) is 5.32 Å². The van der Waals surface area contributed by atoms with Gasteiger partial charge in [0.25, 0.3) is 0 Å². The number of fused-ring (bicyclic) bond motifs is 1. The minimum Gasteiger partial charge on any atom is -0.443 e. The van der Waals surface area contributed by atoms with Crippen molar-refractivity contribution in [2.24, 2.45) is 23.3 Å². The van der Waals surface area contributed by atoms with E-state index in [9.17, 15) is 19.8 Å². The molecule has 1 amide bonds. The quantitative estimate of drug-likeness (QED) is 0.372. The van der Waals surface area contributed by atoms with Gasteiger partial charge in [0.05, 0.1) is 18.7 Å². The number of nitrogens with two attached hydrogens (primary N) is 2. The molecule has 0 aromatic heterocycles. The van der Waals surface area contributed by atoms with E-state index in [1.165, 1.54) is 0 Å². The minimum atomic E-state index is -1.26. The molecular weight excluding hydrogens is 370 g/mol. The van der Waals surface area contributed by atoms with E-state index in [4.69, 9.17) is 25.7 Å². The van der Waals surface area contributed by atoms with Crippen LogP contribution in [0.25, 0.3) is 0 Å². The number of rotatable bonds is 5. The van der Waals surface area contributed by atoms with Gasteiger partial charge in [-0.3, -0.25) is 4.79 Å². The zero-order valence-corrected chi connectivity index (χ0v) is 16.2. The molecule has 2 aliphatic heterocycles. The van der Waals surface area contributed by atoms with Crippen molar-refractivity contribution >= 4 is 11.9 Å². The fourth-order valence-corrected chi connectivity index (χ4v) is 4.29. The van der Waals surface area contributed by atoms with E-state index in [-0.39, 0.29) is 24.7 Å². The van der Waals surface area contributed by atoms with Gasteiger partial charge in [-0.25, -0.2) is 4.79 Å². The normalized spacial score (nSPS) is 46.3. The second-order valence-electron chi connectivity index (χ2n) is 8.07. The third kappa shape index (κ3) is 4.17. The molecule has 10 nitrogen and oxygen atoms in total. The van der Waals surface area contributed by atoms with E-state index in [0.29, 0.717) is 12.8 Å². The molecule has 1 saturated carbocycles. The van der Waals surface area contributed by atoms with Crippen LogP contribution in [-0.2, 0) is 19.0 Å². The SMILES string of the molecule is CCC(=O)C[C@@H]1CC(N)[C@H](O[C@@H]2OC3CNC(=O)O[C@@H]3[C@H](C)C2N)[C@H](O)C1O. The van der Waals surface area contributed by atoms with E-state index in [1.54, 1.807) is 6.92 Å². The van der Waals surface area contributed by atoms with E-state index in [0.717, 1.165) is 0 Å². The van der Waals surface area contributed by atoms with Gasteiger partial charge in [-0.2, -0.15) is 0 Å². The maximum Gasteiger partial charge on any atom is 0.407 e. The Balaban J connectivity index is 1.66. The Morgan fingerprint density at radius 2 is 2.04 bits per heavy atom. The molecule has 3 fully saturated rings. The van der Waals surface area contributed by atoms with Crippen LogP contribution in [0.4, 0.5) is 4.79 Å². The number of carbonyl (C=O) groups is 2. The molecule has 0 aromatic rings. The first kappa shape index (κ1) is 21.4. The van der Waals surface area contributed by atoms with E-state index >= 15 is 0 Å².